The second kappa shape index (κ2) is 62.8. The molecule has 0 bridgehead atoms. The zero-order chi connectivity index (χ0) is 55.0. The number of carbonyl (C=O) groups excluding carboxylic acids is 3. The lowest BCUT2D eigenvalue weighted by Crippen LogP contribution is -2.30. The molecule has 0 aromatic carbocycles. The van der Waals surface area contributed by atoms with Gasteiger partial charge in [0.25, 0.3) is 0 Å². The van der Waals surface area contributed by atoms with Crippen LogP contribution in [0.25, 0.3) is 0 Å². The van der Waals surface area contributed by atoms with Crippen molar-refractivity contribution in [1.29, 1.82) is 0 Å². The van der Waals surface area contributed by atoms with Gasteiger partial charge in [-0.3, -0.25) is 14.4 Å². The molecule has 0 aliphatic heterocycles. The van der Waals surface area contributed by atoms with Gasteiger partial charge in [0.2, 0.25) is 0 Å². The highest BCUT2D eigenvalue weighted by atomic mass is 16.6. The van der Waals surface area contributed by atoms with Gasteiger partial charge in [0, 0.05) is 19.3 Å². The highest BCUT2D eigenvalue weighted by Crippen LogP contribution is 2.14. The van der Waals surface area contributed by atoms with Crippen molar-refractivity contribution in [3.8, 4) is 0 Å². The van der Waals surface area contributed by atoms with Crippen LogP contribution < -0.4 is 0 Å². The van der Waals surface area contributed by atoms with E-state index in [1.165, 1.54) is 83.5 Å². The van der Waals surface area contributed by atoms with E-state index in [4.69, 9.17) is 14.2 Å². The Bertz CT molecular complexity index is 1680. The van der Waals surface area contributed by atoms with Gasteiger partial charge in [0.15, 0.2) is 6.10 Å². The van der Waals surface area contributed by atoms with Crippen molar-refractivity contribution < 1.29 is 28.6 Å². The maximum Gasteiger partial charge on any atom is 0.306 e. The average molecular weight is 1050 g/mol. The van der Waals surface area contributed by atoms with Crippen LogP contribution >= 0.6 is 0 Å². The fraction of sp³-hybridized carbons (Fsp3) is 0.614. The van der Waals surface area contributed by atoms with Gasteiger partial charge in [-0.05, 0) is 135 Å². The molecule has 6 nitrogen and oxygen atoms in total. The number of hydrogen-bond acceptors (Lipinski definition) is 6. The molecule has 1 unspecified atom stereocenters. The summed E-state index contributed by atoms with van der Waals surface area (Å²) in [7, 11) is 0. The third kappa shape index (κ3) is 60.2. The summed E-state index contributed by atoms with van der Waals surface area (Å²) in [4.78, 5) is 38.3. The summed E-state index contributed by atoms with van der Waals surface area (Å²) >= 11 is 0. The van der Waals surface area contributed by atoms with E-state index in [2.05, 4.69) is 167 Å². The zero-order valence-corrected chi connectivity index (χ0v) is 49.0. The maximum atomic E-state index is 12.9. The van der Waals surface area contributed by atoms with Crippen LogP contribution in [0.5, 0.6) is 0 Å². The molecule has 428 valence electrons. The summed E-state index contributed by atoms with van der Waals surface area (Å²) in [5, 5.41) is 0. The molecule has 0 saturated carbocycles. The molecule has 6 heteroatoms. The molecule has 0 N–H and O–H groups in total. The van der Waals surface area contributed by atoms with Crippen molar-refractivity contribution in [1.82, 2.24) is 0 Å². The van der Waals surface area contributed by atoms with E-state index in [0.29, 0.717) is 19.3 Å². The van der Waals surface area contributed by atoms with Gasteiger partial charge in [-0.1, -0.05) is 250 Å². The molecule has 0 aliphatic rings. The van der Waals surface area contributed by atoms with Crippen LogP contribution in [0.4, 0.5) is 0 Å². The van der Waals surface area contributed by atoms with Gasteiger partial charge in [0.05, 0.1) is 0 Å². The van der Waals surface area contributed by atoms with Crippen LogP contribution in [0.15, 0.2) is 146 Å². The number of hydrogen-bond donors (Lipinski definition) is 0. The summed E-state index contributed by atoms with van der Waals surface area (Å²) in [6, 6.07) is 0. The van der Waals surface area contributed by atoms with Crippen molar-refractivity contribution in [3.05, 3.63) is 146 Å². The molecule has 0 radical (unpaired) electrons. The number of esters is 3. The molecular weight excluding hydrogens is 937 g/mol. The number of ether oxygens (including phenoxy) is 3. The van der Waals surface area contributed by atoms with E-state index in [-0.39, 0.29) is 37.5 Å². The Balaban J connectivity index is 4.54. The lowest BCUT2D eigenvalue weighted by Gasteiger charge is -2.18. The van der Waals surface area contributed by atoms with E-state index in [1.54, 1.807) is 0 Å². The van der Waals surface area contributed by atoms with Crippen LogP contribution in [-0.2, 0) is 28.6 Å². The number of unbranched alkanes of at least 4 members (excludes halogenated alkanes) is 19. The third-order valence-electron chi connectivity index (χ3n) is 12.6. The number of allylic oxidation sites excluding steroid dienone is 24. The second-order valence-corrected chi connectivity index (χ2v) is 19.8. The molecule has 0 rings (SSSR count). The Kier molecular flexibility index (Phi) is 58.9. The first-order chi connectivity index (χ1) is 37.5. The van der Waals surface area contributed by atoms with Gasteiger partial charge in [-0.15, -0.1) is 0 Å². The van der Waals surface area contributed by atoms with E-state index >= 15 is 0 Å². The first kappa shape index (κ1) is 71.3. The third-order valence-corrected chi connectivity index (χ3v) is 12.6. The average Bonchev–Trinajstić information content (AvgIpc) is 3.42. The largest absolute Gasteiger partial charge is 0.462 e. The van der Waals surface area contributed by atoms with Crippen molar-refractivity contribution >= 4 is 17.9 Å². The number of rotatable bonds is 54. The maximum absolute atomic E-state index is 12.9. The lowest BCUT2D eigenvalue weighted by atomic mass is 10.1. The fourth-order valence-electron chi connectivity index (χ4n) is 8.01. The Morgan fingerprint density at radius 2 is 0.526 bits per heavy atom. The van der Waals surface area contributed by atoms with Crippen LogP contribution in [0, 0.1) is 0 Å². The molecule has 1 atom stereocenters. The summed E-state index contributed by atoms with van der Waals surface area (Å²) in [5.74, 6) is -1.00. The van der Waals surface area contributed by atoms with Gasteiger partial charge in [-0.25, -0.2) is 0 Å². The monoisotopic (exact) mass is 1050 g/mol. The SMILES string of the molecule is CC/C=C\C/C=C\C/C=C\C/C=C\C/C=C\C/C=C\CCCCCCC(=O)OCC(COC(=O)CCC/C=C\C/C=C\C/C=C\C/C=C\C/C=C\CC)OC(=O)CCCCCCCCC/C=C\CCCCCCCCC. The molecular formula is C70H112O6. The predicted molar refractivity (Wildman–Crippen MR) is 329 cm³/mol. The summed E-state index contributed by atoms with van der Waals surface area (Å²) in [5.41, 5.74) is 0. The van der Waals surface area contributed by atoms with Gasteiger partial charge in [0.1, 0.15) is 13.2 Å². The quantitative estimate of drug-likeness (QED) is 0.0261. The fourth-order valence-corrected chi connectivity index (χ4v) is 8.01. The normalized spacial score (nSPS) is 13.1. The van der Waals surface area contributed by atoms with Crippen LogP contribution in [-0.4, -0.2) is 37.2 Å². The van der Waals surface area contributed by atoms with Gasteiger partial charge >= 0.3 is 17.9 Å². The lowest BCUT2D eigenvalue weighted by molar-refractivity contribution is -0.167. The molecule has 76 heavy (non-hydrogen) atoms. The number of carbonyl (C=O) groups is 3. The highest BCUT2D eigenvalue weighted by molar-refractivity contribution is 5.71. The van der Waals surface area contributed by atoms with Crippen LogP contribution in [0.1, 0.15) is 258 Å². The minimum Gasteiger partial charge on any atom is -0.462 e. The topological polar surface area (TPSA) is 78.9 Å². The minimum atomic E-state index is -0.822. The second-order valence-electron chi connectivity index (χ2n) is 19.8. The summed E-state index contributed by atoms with van der Waals surface area (Å²) in [6.45, 7) is 6.34. The van der Waals surface area contributed by atoms with E-state index < -0.39 is 6.10 Å². The molecule has 0 heterocycles. The molecule has 0 amide bonds. The summed E-state index contributed by atoms with van der Waals surface area (Å²) < 4.78 is 16.8. The molecule has 0 saturated heterocycles. The standard InChI is InChI=1S/C70H112O6/c1-4-7-10-13-16-19-22-25-28-31-33-34-35-36-37-40-42-45-48-51-54-57-60-63-69(72)75-66-67(65-74-68(71)62-59-56-53-50-47-44-41-38-30-27-24-21-18-15-12-9-6-3)76-70(73)64-61-58-55-52-49-46-43-39-32-29-26-23-20-17-14-11-8-5-2/h7,9-10,12,16,18-19,21,25,27-30,32-34,36-37,41-42,44-45,50,53,67H,4-6,8,11,13-15,17,20,22-24,26,31,35,38-40,43,46-49,51-52,54-66H2,1-3H3/b10-7-,12-9-,19-16-,21-18-,28-25-,30-27-,32-29-,34-33-,37-36-,44-41-,45-42-,53-50-. The first-order valence-corrected chi connectivity index (χ1v) is 30.8. The van der Waals surface area contributed by atoms with E-state index in [1.807, 2.05) is 0 Å². The molecule has 0 spiro atoms. The van der Waals surface area contributed by atoms with Crippen molar-refractivity contribution in [2.45, 2.75) is 264 Å². The highest BCUT2D eigenvalue weighted by Gasteiger charge is 2.19. The predicted octanol–water partition coefficient (Wildman–Crippen LogP) is 21.2. The van der Waals surface area contributed by atoms with Gasteiger partial charge < -0.3 is 14.2 Å². The zero-order valence-electron chi connectivity index (χ0n) is 49.0. The molecule has 0 aromatic rings. The van der Waals surface area contributed by atoms with Crippen LogP contribution in [0.2, 0.25) is 0 Å². The van der Waals surface area contributed by atoms with Crippen molar-refractivity contribution in [2.75, 3.05) is 13.2 Å². The Morgan fingerprint density at radius 1 is 0.276 bits per heavy atom. The van der Waals surface area contributed by atoms with Gasteiger partial charge in [-0.2, -0.15) is 0 Å². The minimum absolute atomic E-state index is 0.116. The van der Waals surface area contributed by atoms with E-state index in [9.17, 15) is 14.4 Å². The smallest absolute Gasteiger partial charge is 0.306 e. The molecule has 0 aromatic heterocycles. The molecule has 0 fully saturated rings. The Morgan fingerprint density at radius 3 is 0.868 bits per heavy atom. The molecule has 0 aliphatic carbocycles. The first-order valence-electron chi connectivity index (χ1n) is 30.8. The summed E-state index contributed by atoms with van der Waals surface area (Å²) in [6.07, 6.45) is 89.9. The van der Waals surface area contributed by atoms with E-state index in [0.717, 1.165) is 128 Å². The Labute approximate surface area is 467 Å². The van der Waals surface area contributed by atoms with Crippen LogP contribution in [0.3, 0.4) is 0 Å². The van der Waals surface area contributed by atoms with Crippen molar-refractivity contribution in [3.63, 3.8) is 0 Å². The Hall–Kier alpha value is -4.71. The van der Waals surface area contributed by atoms with Crippen molar-refractivity contribution in [2.24, 2.45) is 0 Å².